The first-order chi connectivity index (χ1) is 15.2. The molecular weight excluding hydrogens is 413 g/mol. The average molecular weight is 445 g/mol. The minimum atomic E-state index is -4.32. The molecule has 3 nitrogen and oxygen atoms in total. The Kier molecular flexibility index (Phi) is 6.61. The van der Waals surface area contributed by atoms with Crippen molar-refractivity contribution < 1.29 is 18.0 Å². The first-order valence-electron chi connectivity index (χ1n) is 11.5. The number of halogens is 3. The number of hydrogen-bond acceptors (Lipinski definition) is 2. The maximum absolute atomic E-state index is 13.2. The highest BCUT2D eigenvalue weighted by atomic mass is 19.4. The van der Waals surface area contributed by atoms with Gasteiger partial charge in [0.05, 0.1) is 11.5 Å². The minimum Gasteiger partial charge on any atom is -0.352 e. The summed E-state index contributed by atoms with van der Waals surface area (Å²) in [5.41, 5.74) is 1.12. The maximum atomic E-state index is 13.2. The van der Waals surface area contributed by atoms with Crippen LogP contribution in [0.1, 0.15) is 49.3 Å². The van der Waals surface area contributed by atoms with Gasteiger partial charge in [0.2, 0.25) is 5.91 Å². The standard InChI is InChI=1S/C26H31F3N2O/c1-17(2)24(19-8-4-3-5-9-19)25(32)30-23-12-11-20-15-31(16-22(20)23)14-18-7-6-10-21(13-18)26(27,28)29/h3-10,13,17,20,22-24H,11-12,14-16H2,1-2H3,(H,30,32)/t20-,22+,23-,24?/m0/s1. The summed E-state index contributed by atoms with van der Waals surface area (Å²) < 4.78 is 39.1. The van der Waals surface area contributed by atoms with E-state index in [0.29, 0.717) is 23.9 Å². The van der Waals surface area contributed by atoms with Gasteiger partial charge in [-0.1, -0.05) is 62.4 Å². The molecule has 1 aliphatic heterocycles. The van der Waals surface area contributed by atoms with E-state index < -0.39 is 11.7 Å². The third-order valence-electron chi connectivity index (χ3n) is 7.03. The molecule has 0 aromatic heterocycles. The lowest BCUT2D eigenvalue weighted by Gasteiger charge is -2.26. The molecule has 1 heterocycles. The fourth-order valence-electron chi connectivity index (χ4n) is 5.54. The normalized spacial score (nSPS) is 24.5. The van der Waals surface area contributed by atoms with Gasteiger partial charge in [-0.2, -0.15) is 13.2 Å². The molecular formula is C26H31F3N2O. The Labute approximate surface area is 188 Å². The molecule has 1 saturated carbocycles. The van der Waals surface area contributed by atoms with Crippen molar-refractivity contribution in [3.05, 3.63) is 71.3 Å². The van der Waals surface area contributed by atoms with Gasteiger partial charge < -0.3 is 5.32 Å². The number of carbonyl (C=O) groups is 1. The molecule has 1 unspecified atom stereocenters. The summed E-state index contributed by atoms with van der Waals surface area (Å²) in [5, 5.41) is 3.33. The Morgan fingerprint density at radius 2 is 1.81 bits per heavy atom. The van der Waals surface area contributed by atoms with Crippen LogP contribution < -0.4 is 5.32 Å². The summed E-state index contributed by atoms with van der Waals surface area (Å²) in [6.07, 6.45) is -2.30. The zero-order valence-electron chi connectivity index (χ0n) is 18.6. The lowest BCUT2D eigenvalue weighted by atomic mass is 9.87. The Morgan fingerprint density at radius 3 is 2.50 bits per heavy atom. The number of nitrogens with one attached hydrogen (secondary N) is 1. The van der Waals surface area contributed by atoms with E-state index in [1.54, 1.807) is 6.07 Å². The molecule has 1 amide bonds. The summed E-state index contributed by atoms with van der Waals surface area (Å²) in [4.78, 5) is 15.4. The fourth-order valence-corrected chi connectivity index (χ4v) is 5.54. The van der Waals surface area contributed by atoms with Crippen LogP contribution in [0.15, 0.2) is 54.6 Å². The minimum absolute atomic E-state index is 0.0770. The molecule has 172 valence electrons. The SMILES string of the molecule is CC(C)C(C(=O)N[C@H]1CC[C@H]2CN(Cc3cccc(C(F)(F)F)c3)C[C@H]21)c1ccccc1. The second-order valence-electron chi connectivity index (χ2n) is 9.64. The predicted molar refractivity (Wildman–Crippen MR) is 119 cm³/mol. The highest BCUT2D eigenvalue weighted by Crippen LogP contribution is 2.39. The second kappa shape index (κ2) is 9.26. The highest BCUT2D eigenvalue weighted by molar-refractivity contribution is 5.84. The molecule has 2 aromatic carbocycles. The van der Waals surface area contributed by atoms with Gasteiger partial charge in [-0.05, 0) is 47.8 Å². The van der Waals surface area contributed by atoms with Crippen LogP contribution in [0.25, 0.3) is 0 Å². The number of hydrogen-bond donors (Lipinski definition) is 1. The Hall–Kier alpha value is -2.34. The molecule has 32 heavy (non-hydrogen) atoms. The van der Waals surface area contributed by atoms with Crippen LogP contribution in [0.4, 0.5) is 13.2 Å². The Bertz CT molecular complexity index is 928. The predicted octanol–water partition coefficient (Wildman–Crippen LogP) is 5.47. The van der Waals surface area contributed by atoms with Crippen LogP contribution in [-0.2, 0) is 17.5 Å². The van der Waals surface area contributed by atoms with Crippen molar-refractivity contribution in [2.45, 2.75) is 51.4 Å². The van der Waals surface area contributed by atoms with Crippen LogP contribution in [0.5, 0.6) is 0 Å². The Morgan fingerprint density at radius 1 is 1.06 bits per heavy atom. The van der Waals surface area contributed by atoms with Gasteiger partial charge >= 0.3 is 6.18 Å². The molecule has 4 atom stereocenters. The van der Waals surface area contributed by atoms with Crippen LogP contribution in [0.3, 0.4) is 0 Å². The lowest BCUT2D eigenvalue weighted by Crippen LogP contribution is -2.43. The summed E-state index contributed by atoms with van der Waals surface area (Å²) in [5.74, 6) is 0.926. The van der Waals surface area contributed by atoms with E-state index in [2.05, 4.69) is 24.1 Å². The molecule has 4 rings (SSSR count). The van der Waals surface area contributed by atoms with Gasteiger partial charge in [0, 0.05) is 25.7 Å². The van der Waals surface area contributed by atoms with E-state index in [1.807, 2.05) is 30.3 Å². The number of fused-ring (bicyclic) bond motifs is 1. The molecule has 2 fully saturated rings. The van der Waals surface area contributed by atoms with Gasteiger partial charge in [0.15, 0.2) is 0 Å². The molecule has 0 radical (unpaired) electrons. The third kappa shape index (κ3) is 5.01. The van der Waals surface area contributed by atoms with Crippen LogP contribution in [-0.4, -0.2) is 29.9 Å². The van der Waals surface area contributed by atoms with Crippen LogP contribution in [0.2, 0.25) is 0 Å². The maximum Gasteiger partial charge on any atom is 0.416 e. The molecule has 1 aliphatic carbocycles. The van der Waals surface area contributed by atoms with E-state index in [9.17, 15) is 18.0 Å². The molecule has 0 bridgehead atoms. The lowest BCUT2D eigenvalue weighted by molar-refractivity contribution is -0.137. The molecule has 2 aliphatic rings. The summed E-state index contributed by atoms with van der Waals surface area (Å²) in [7, 11) is 0. The first-order valence-corrected chi connectivity index (χ1v) is 11.5. The van der Waals surface area contributed by atoms with E-state index in [-0.39, 0.29) is 23.8 Å². The van der Waals surface area contributed by atoms with Crippen molar-refractivity contribution in [3.8, 4) is 0 Å². The van der Waals surface area contributed by atoms with Crippen molar-refractivity contribution in [3.63, 3.8) is 0 Å². The van der Waals surface area contributed by atoms with Crippen molar-refractivity contribution in [2.24, 2.45) is 17.8 Å². The van der Waals surface area contributed by atoms with Gasteiger partial charge in [-0.15, -0.1) is 0 Å². The average Bonchev–Trinajstić information content (AvgIpc) is 3.29. The van der Waals surface area contributed by atoms with E-state index in [1.165, 1.54) is 12.1 Å². The fraction of sp³-hybridized carbons (Fsp3) is 0.500. The first kappa shape index (κ1) is 22.8. The topological polar surface area (TPSA) is 32.3 Å². The Balaban J connectivity index is 1.39. The van der Waals surface area contributed by atoms with Crippen LogP contribution in [0, 0.1) is 17.8 Å². The van der Waals surface area contributed by atoms with E-state index >= 15 is 0 Å². The number of alkyl halides is 3. The summed E-state index contributed by atoms with van der Waals surface area (Å²) >= 11 is 0. The molecule has 2 aromatic rings. The van der Waals surface area contributed by atoms with Crippen LogP contribution >= 0.6 is 0 Å². The monoisotopic (exact) mass is 444 g/mol. The molecule has 1 N–H and O–H groups in total. The molecule has 1 saturated heterocycles. The van der Waals surface area contributed by atoms with Gasteiger partial charge in [-0.25, -0.2) is 0 Å². The number of rotatable bonds is 6. The quantitative estimate of drug-likeness (QED) is 0.641. The van der Waals surface area contributed by atoms with Crippen molar-refractivity contribution in [1.29, 1.82) is 0 Å². The van der Waals surface area contributed by atoms with Crippen molar-refractivity contribution >= 4 is 5.91 Å². The second-order valence-corrected chi connectivity index (χ2v) is 9.64. The van der Waals surface area contributed by atoms with E-state index in [0.717, 1.165) is 37.6 Å². The van der Waals surface area contributed by atoms with Crippen molar-refractivity contribution in [1.82, 2.24) is 10.2 Å². The van der Waals surface area contributed by atoms with Crippen molar-refractivity contribution in [2.75, 3.05) is 13.1 Å². The zero-order chi connectivity index (χ0) is 22.9. The number of carbonyl (C=O) groups excluding carboxylic acids is 1. The van der Waals surface area contributed by atoms with Gasteiger partial charge in [0.1, 0.15) is 0 Å². The highest BCUT2D eigenvalue weighted by Gasteiger charge is 2.43. The molecule has 6 heteroatoms. The van der Waals surface area contributed by atoms with E-state index in [4.69, 9.17) is 0 Å². The molecule has 0 spiro atoms. The number of amides is 1. The van der Waals surface area contributed by atoms with Gasteiger partial charge in [0.25, 0.3) is 0 Å². The zero-order valence-corrected chi connectivity index (χ0v) is 18.6. The van der Waals surface area contributed by atoms with Gasteiger partial charge in [-0.3, -0.25) is 9.69 Å². The smallest absolute Gasteiger partial charge is 0.352 e. The number of nitrogens with zero attached hydrogens (tertiary/aromatic N) is 1. The summed E-state index contributed by atoms with van der Waals surface area (Å²) in [6, 6.07) is 15.6. The summed E-state index contributed by atoms with van der Waals surface area (Å²) in [6.45, 7) is 6.33. The third-order valence-corrected chi connectivity index (χ3v) is 7.03. The largest absolute Gasteiger partial charge is 0.416 e. The number of benzene rings is 2. The number of likely N-dealkylation sites (tertiary alicyclic amines) is 1.